The summed E-state index contributed by atoms with van der Waals surface area (Å²) in [4.78, 5) is 7.02. The van der Waals surface area contributed by atoms with E-state index in [1.807, 2.05) is 7.05 Å². The van der Waals surface area contributed by atoms with Gasteiger partial charge in [-0.3, -0.25) is 4.99 Å². The molecule has 0 bridgehead atoms. The highest BCUT2D eigenvalue weighted by Gasteiger charge is 2.66. The Bertz CT molecular complexity index is 469. The predicted octanol–water partition coefficient (Wildman–Crippen LogP) is 2.50. The number of hydrogen-bond acceptors (Lipinski definition) is 3. The highest BCUT2D eigenvalue weighted by molar-refractivity contribution is 14.0. The van der Waals surface area contributed by atoms with Gasteiger partial charge in [-0.2, -0.15) is 0 Å². The first-order chi connectivity index (χ1) is 11.3. The molecule has 4 unspecified atom stereocenters. The molecule has 5 nitrogen and oxygen atoms in total. The van der Waals surface area contributed by atoms with Crippen molar-refractivity contribution in [3.05, 3.63) is 0 Å². The molecule has 4 fully saturated rings. The van der Waals surface area contributed by atoms with Gasteiger partial charge in [-0.1, -0.05) is 6.42 Å². The minimum atomic E-state index is 0. The summed E-state index contributed by atoms with van der Waals surface area (Å²) in [5.74, 6) is 2.45. The maximum Gasteiger partial charge on any atom is 0.193 e. The van der Waals surface area contributed by atoms with Gasteiger partial charge in [-0.05, 0) is 32.6 Å². The Labute approximate surface area is 162 Å². The smallest absolute Gasteiger partial charge is 0.193 e. The third kappa shape index (κ3) is 2.96. The standard InChI is InChI=1S/C18H31N3O2.HI/c1-3-22-12-13-5-9-21(11-13)17(19-2)20-15-14-6-10-23-16(14)18(15)7-4-8-18;/h13-16H,3-12H2,1-2H3,(H,19,20);1H. The predicted molar refractivity (Wildman–Crippen MR) is 106 cm³/mol. The quantitative estimate of drug-likeness (QED) is 0.407. The zero-order valence-electron chi connectivity index (χ0n) is 15.0. The van der Waals surface area contributed by atoms with E-state index in [4.69, 9.17) is 9.47 Å². The number of nitrogens with zero attached hydrogens (tertiary/aromatic N) is 2. The van der Waals surface area contributed by atoms with E-state index in [1.165, 1.54) is 32.1 Å². The summed E-state index contributed by atoms with van der Waals surface area (Å²) < 4.78 is 11.6. The van der Waals surface area contributed by atoms with Crippen molar-refractivity contribution < 1.29 is 9.47 Å². The number of rotatable bonds is 4. The number of ether oxygens (including phenoxy) is 2. The zero-order chi connectivity index (χ0) is 15.9. The SMILES string of the molecule is CCOCC1CCN(C(=NC)NC2C3CCOC3C23CCC3)C1.I. The average Bonchev–Trinajstić information content (AvgIpc) is 3.13. The molecule has 4 aliphatic rings. The van der Waals surface area contributed by atoms with E-state index >= 15 is 0 Å². The van der Waals surface area contributed by atoms with E-state index in [-0.39, 0.29) is 24.0 Å². The number of aliphatic imine (C=N–C) groups is 1. The normalized spacial score (nSPS) is 36.8. The molecule has 138 valence electrons. The van der Waals surface area contributed by atoms with Crippen LogP contribution in [0.1, 0.15) is 39.0 Å². The molecule has 2 aliphatic heterocycles. The second-order valence-electron chi connectivity index (χ2n) is 7.76. The molecule has 0 aromatic rings. The van der Waals surface area contributed by atoms with Crippen LogP contribution in [0.4, 0.5) is 0 Å². The fraction of sp³-hybridized carbons (Fsp3) is 0.944. The number of guanidine groups is 1. The second kappa shape index (κ2) is 7.66. The number of likely N-dealkylation sites (tertiary alicyclic amines) is 1. The van der Waals surface area contributed by atoms with Crippen molar-refractivity contribution in [2.45, 2.75) is 51.2 Å². The lowest BCUT2D eigenvalue weighted by Gasteiger charge is -2.63. The Morgan fingerprint density at radius 1 is 1.38 bits per heavy atom. The summed E-state index contributed by atoms with van der Waals surface area (Å²) in [6.45, 7) is 6.90. The summed E-state index contributed by atoms with van der Waals surface area (Å²) in [6.07, 6.45) is 6.98. The minimum Gasteiger partial charge on any atom is -0.381 e. The third-order valence-electron chi connectivity index (χ3n) is 6.68. The molecule has 1 N–H and O–H groups in total. The molecule has 2 heterocycles. The van der Waals surface area contributed by atoms with Crippen molar-refractivity contribution in [1.29, 1.82) is 0 Å². The lowest BCUT2D eigenvalue weighted by atomic mass is 9.46. The Morgan fingerprint density at radius 3 is 2.88 bits per heavy atom. The first-order valence-corrected chi connectivity index (χ1v) is 9.46. The summed E-state index contributed by atoms with van der Waals surface area (Å²) in [7, 11) is 1.92. The minimum absolute atomic E-state index is 0. The van der Waals surface area contributed by atoms with E-state index in [9.17, 15) is 0 Å². The molecule has 2 saturated carbocycles. The molecule has 1 spiro atoms. The fourth-order valence-corrected chi connectivity index (χ4v) is 5.34. The van der Waals surface area contributed by atoms with Crippen molar-refractivity contribution in [3.8, 4) is 0 Å². The summed E-state index contributed by atoms with van der Waals surface area (Å²) in [5, 5.41) is 3.84. The summed E-state index contributed by atoms with van der Waals surface area (Å²) >= 11 is 0. The van der Waals surface area contributed by atoms with Crippen molar-refractivity contribution in [2.24, 2.45) is 22.2 Å². The third-order valence-corrected chi connectivity index (χ3v) is 6.68. The van der Waals surface area contributed by atoms with Gasteiger partial charge in [0, 0.05) is 56.6 Å². The summed E-state index contributed by atoms with van der Waals surface area (Å²) in [6, 6.07) is 0.577. The van der Waals surface area contributed by atoms with Gasteiger partial charge in [0.1, 0.15) is 0 Å². The van der Waals surface area contributed by atoms with E-state index in [2.05, 4.69) is 22.1 Å². The van der Waals surface area contributed by atoms with Gasteiger partial charge in [0.2, 0.25) is 0 Å². The molecule has 4 atom stereocenters. The van der Waals surface area contributed by atoms with Gasteiger partial charge in [0.25, 0.3) is 0 Å². The Balaban J connectivity index is 0.00000169. The van der Waals surface area contributed by atoms with Gasteiger partial charge < -0.3 is 19.7 Å². The highest BCUT2D eigenvalue weighted by Crippen LogP contribution is 2.62. The Morgan fingerprint density at radius 2 is 2.21 bits per heavy atom. The molecular formula is C18H32IN3O2. The first-order valence-electron chi connectivity index (χ1n) is 9.46. The molecule has 2 aliphatic carbocycles. The van der Waals surface area contributed by atoms with Crippen molar-refractivity contribution >= 4 is 29.9 Å². The van der Waals surface area contributed by atoms with Crippen molar-refractivity contribution in [1.82, 2.24) is 10.2 Å². The van der Waals surface area contributed by atoms with E-state index in [1.54, 1.807) is 0 Å². The molecule has 0 aromatic carbocycles. The van der Waals surface area contributed by atoms with Crippen LogP contribution in [0.25, 0.3) is 0 Å². The van der Waals surface area contributed by atoms with E-state index < -0.39 is 0 Å². The molecule has 4 rings (SSSR count). The first kappa shape index (κ1) is 18.7. The maximum atomic E-state index is 6.03. The van der Waals surface area contributed by atoms with E-state index in [0.29, 0.717) is 29.4 Å². The molecule has 0 aromatic heterocycles. The molecule has 6 heteroatoms. The van der Waals surface area contributed by atoms with Crippen LogP contribution in [0.5, 0.6) is 0 Å². The van der Waals surface area contributed by atoms with Crippen LogP contribution in [0.15, 0.2) is 4.99 Å². The largest absolute Gasteiger partial charge is 0.381 e. The average molecular weight is 449 g/mol. The maximum absolute atomic E-state index is 6.03. The number of halogens is 1. The second-order valence-corrected chi connectivity index (χ2v) is 7.76. The summed E-state index contributed by atoms with van der Waals surface area (Å²) in [5.41, 5.74) is 0.418. The number of nitrogens with one attached hydrogen (secondary N) is 1. The van der Waals surface area contributed by atoms with Gasteiger partial charge in [0.05, 0.1) is 12.7 Å². The van der Waals surface area contributed by atoms with Crippen molar-refractivity contribution in [2.75, 3.05) is 40.0 Å². The molecule has 24 heavy (non-hydrogen) atoms. The van der Waals surface area contributed by atoms with Gasteiger partial charge in [-0.25, -0.2) is 0 Å². The number of hydrogen-bond donors (Lipinski definition) is 1. The fourth-order valence-electron chi connectivity index (χ4n) is 5.34. The van der Waals surface area contributed by atoms with Crippen LogP contribution in [0, 0.1) is 17.3 Å². The van der Waals surface area contributed by atoms with Gasteiger partial charge >= 0.3 is 0 Å². The molecule has 0 radical (unpaired) electrons. The lowest BCUT2D eigenvalue weighted by molar-refractivity contribution is -0.171. The van der Waals surface area contributed by atoms with Crippen LogP contribution in [0.2, 0.25) is 0 Å². The van der Waals surface area contributed by atoms with Crippen molar-refractivity contribution in [3.63, 3.8) is 0 Å². The topological polar surface area (TPSA) is 46.1 Å². The molecular weight excluding hydrogens is 417 g/mol. The number of fused-ring (bicyclic) bond motifs is 2. The molecule has 0 amide bonds. The molecule has 2 saturated heterocycles. The highest BCUT2D eigenvalue weighted by atomic mass is 127. The van der Waals surface area contributed by atoms with Crippen LogP contribution in [-0.2, 0) is 9.47 Å². The monoisotopic (exact) mass is 449 g/mol. The van der Waals surface area contributed by atoms with Gasteiger partial charge in [-0.15, -0.1) is 24.0 Å². The van der Waals surface area contributed by atoms with Crippen LogP contribution in [0.3, 0.4) is 0 Å². The Hall–Kier alpha value is -0.0800. The van der Waals surface area contributed by atoms with Gasteiger partial charge in [0.15, 0.2) is 5.96 Å². The zero-order valence-corrected chi connectivity index (χ0v) is 17.3. The van der Waals surface area contributed by atoms with Crippen LogP contribution in [-0.4, -0.2) is 63.0 Å². The van der Waals surface area contributed by atoms with E-state index in [0.717, 1.165) is 38.9 Å². The lowest BCUT2D eigenvalue weighted by Crippen LogP contribution is -2.72. The Kier molecular flexibility index (Phi) is 5.97. The van der Waals surface area contributed by atoms with Crippen LogP contribution >= 0.6 is 24.0 Å². The van der Waals surface area contributed by atoms with Crippen LogP contribution < -0.4 is 5.32 Å².